The van der Waals surface area contributed by atoms with E-state index in [1.807, 2.05) is 0 Å². The Morgan fingerprint density at radius 2 is 1.72 bits per heavy atom. The van der Waals surface area contributed by atoms with E-state index in [0.29, 0.717) is 11.3 Å². The number of nitrogens with zero attached hydrogens (tertiary/aromatic N) is 1. The summed E-state index contributed by atoms with van der Waals surface area (Å²) >= 11 is 3.34. The molecule has 1 heterocycles. The third-order valence-corrected chi connectivity index (χ3v) is 4.28. The van der Waals surface area contributed by atoms with Gasteiger partial charge in [0.05, 0.1) is 11.2 Å². The molecule has 9 heteroatoms. The van der Waals surface area contributed by atoms with Crippen molar-refractivity contribution in [1.82, 2.24) is 5.32 Å². The first-order valence-corrected chi connectivity index (χ1v) is 9.09. The highest BCUT2D eigenvalue weighted by molar-refractivity contribution is 9.10. The maximum Gasteiger partial charge on any atom is 0.291 e. The number of nitro groups is 1. The van der Waals surface area contributed by atoms with Crippen LogP contribution in [0.25, 0.3) is 6.08 Å². The van der Waals surface area contributed by atoms with Crippen LogP contribution in [0.5, 0.6) is 0 Å². The van der Waals surface area contributed by atoms with Crippen LogP contribution in [0.3, 0.4) is 0 Å². The number of nitro benzene ring substituents is 1. The van der Waals surface area contributed by atoms with Crippen molar-refractivity contribution in [3.05, 3.63) is 98.5 Å². The number of carbonyl (C=O) groups excluding carboxylic acids is 2. The van der Waals surface area contributed by atoms with Gasteiger partial charge in [0.15, 0.2) is 5.76 Å². The van der Waals surface area contributed by atoms with Gasteiger partial charge < -0.3 is 15.1 Å². The minimum Gasteiger partial charge on any atom is -0.459 e. The monoisotopic (exact) mass is 455 g/mol. The zero-order chi connectivity index (χ0) is 20.8. The van der Waals surface area contributed by atoms with Crippen LogP contribution in [-0.2, 0) is 4.79 Å². The van der Waals surface area contributed by atoms with Crippen molar-refractivity contribution in [3.8, 4) is 0 Å². The van der Waals surface area contributed by atoms with E-state index in [1.165, 1.54) is 42.7 Å². The van der Waals surface area contributed by atoms with E-state index in [4.69, 9.17) is 4.42 Å². The van der Waals surface area contributed by atoms with Crippen LogP contribution in [0.2, 0.25) is 0 Å². The molecule has 2 aromatic carbocycles. The van der Waals surface area contributed by atoms with Crippen LogP contribution >= 0.6 is 15.9 Å². The minimum atomic E-state index is -0.596. The zero-order valence-electron chi connectivity index (χ0n) is 14.8. The first-order chi connectivity index (χ1) is 13.9. The summed E-state index contributed by atoms with van der Waals surface area (Å²) in [4.78, 5) is 35.3. The van der Waals surface area contributed by atoms with Gasteiger partial charge in [-0.3, -0.25) is 19.7 Å². The number of anilines is 1. The van der Waals surface area contributed by atoms with Crippen molar-refractivity contribution in [2.24, 2.45) is 0 Å². The van der Waals surface area contributed by atoms with Gasteiger partial charge in [-0.1, -0.05) is 28.1 Å². The van der Waals surface area contributed by atoms with Crippen molar-refractivity contribution in [3.63, 3.8) is 0 Å². The maximum atomic E-state index is 12.7. The quantitative estimate of drug-likeness (QED) is 0.325. The van der Waals surface area contributed by atoms with Crippen molar-refractivity contribution in [2.75, 3.05) is 5.32 Å². The van der Waals surface area contributed by atoms with Crippen LogP contribution in [0.15, 0.2) is 81.5 Å². The molecule has 0 saturated carbocycles. The van der Waals surface area contributed by atoms with Gasteiger partial charge in [0, 0.05) is 22.3 Å². The second-order valence-electron chi connectivity index (χ2n) is 5.80. The molecular weight excluding hydrogens is 442 g/mol. The molecule has 0 spiro atoms. The smallest absolute Gasteiger partial charge is 0.291 e. The Balaban J connectivity index is 1.84. The summed E-state index contributed by atoms with van der Waals surface area (Å²) in [6.45, 7) is 0. The van der Waals surface area contributed by atoms with Gasteiger partial charge >= 0.3 is 0 Å². The van der Waals surface area contributed by atoms with Crippen molar-refractivity contribution in [1.29, 1.82) is 0 Å². The Bertz CT molecular complexity index is 1060. The topological polar surface area (TPSA) is 114 Å². The summed E-state index contributed by atoms with van der Waals surface area (Å²) < 4.78 is 5.92. The molecule has 146 valence electrons. The summed E-state index contributed by atoms with van der Waals surface area (Å²) in [6.07, 6.45) is 2.86. The molecule has 0 radical (unpaired) electrons. The number of non-ortho nitro benzene ring substituents is 1. The molecule has 3 aromatic rings. The molecule has 1 aromatic heterocycles. The fraction of sp³-hybridized carbons (Fsp3) is 0. The van der Waals surface area contributed by atoms with Crippen LogP contribution in [0, 0.1) is 10.1 Å². The SMILES string of the molecule is O=C(Nc1ccc([N+](=O)[O-])cc1)/C(=C\c1ccc(Br)cc1)NC(=O)c1ccco1. The molecule has 29 heavy (non-hydrogen) atoms. The first kappa shape index (κ1) is 20.0. The Morgan fingerprint density at radius 3 is 2.31 bits per heavy atom. The van der Waals surface area contributed by atoms with Gasteiger partial charge in [-0.2, -0.15) is 0 Å². The molecule has 0 bridgehead atoms. The van der Waals surface area contributed by atoms with Gasteiger partial charge in [0.1, 0.15) is 5.70 Å². The normalized spacial score (nSPS) is 11.0. The highest BCUT2D eigenvalue weighted by atomic mass is 79.9. The van der Waals surface area contributed by atoms with Crippen molar-refractivity contribution < 1.29 is 18.9 Å². The van der Waals surface area contributed by atoms with Gasteiger partial charge in [-0.25, -0.2) is 0 Å². The summed E-state index contributed by atoms with van der Waals surface area (Å²) in [7, 11) is 0. The third kappa shape index (κ3) is 5.39. The fourth-order valence-electron chi connectivity index (χ4n) is 2.34. The van der Waals surface area contributed by atoms with Gasteiger partial charge in [0.25, 0.3) is 17.5 Å². The lowest BCUT2D eigenvalue weighted by Gasteiger charge is -2.10. The number of hydrogen-bond acceptors (Lipinski definition) is 5. The summed E-state index contributed by atoms with van der Waals surface area (Å²) in [5, 5.41) is 15.9. The maximum absolute atomic E-state index is 12.7. The molecule has 2 N–H and O–H groups in total. The molecule has 0 saturated heterocycles. The van der Waals surface area contributed by atoms with Crippen LogP contribution in [0.4, 0.5) is 11.4 Å². The molecule has 0 fully saturated rings. The van der Waals surface area contributed by atoms with Gasteiger partial charge in [0.2, 0.25) is 0 Å². The molecule has 8 nitrogen and oxygen atoms in total. The molecule has 0 atom stereocenters. The van der Waals surface area contributed by atoms with E-state index in [-0.39, 0.29) is 17.1 Å². The number of nitrogens with one attached hydrogen (secondary N) is 2. The molecule has 3 rings (SSSR count). The van der Waals surface area contributed by atoms with E-state index in [2.05, 4.69) is 26.6 Å². The van der Waals surface area contributed by atoms with Crippen LogP contribution < -0.4 is 10.6 Å². The van der Waals surface area contributed by atoms with Crippen LogP contribution in [-0.4, -0.2) is 16.7 Å². The highest BCUT2D eigenvalue weighted by Crippen LogP contribution is 2.17. The van der Waals surface area contributed by atoms with E-state index in [0.717, 1.165) is 4.47 Å². The predicted molar refractivity (Wildman–Crippen MR) is 110 cm³/mol. The standard InChI is InChI=1S/C20H14BrN3O5/c21-14-5-3-13(4-6-14)12-17(23-20(26)18-2-1-11-29-18)19(25)22-15-7-9-16(10-8-15)24(27)28/h1-12H,(H,22,25)(H,23,26)/b17-12+. The molecule has 0 unspecified atom stereocenters. The van der Waals surface area contributed by atoms with E-state index in [9.17, 15) is 19.7 Å². The Labute approximate surface area is 173 Å². The minimum absolute atomic E-state index is 0.0212. The number of amides is 2. The molecule has 0 aliphatic carbocycles. The van der Waals surface area contributed by atoms with E-state index < -0.39 is 16.7 Å². The van der Waals surface area contributed by atoms with Crippen molar-refractivity contribution in [2.45, 2.75) is 0 Å². The first-order valence-electron chi connectivity index (χ1n) is 8.30. The average Bonchev–Trinajstić information content (AvgIpc) is 3.24. The Hall–Kier alpha value is -3.72. The number of hydrogen-bond donors (Lipinski definition) is 2. The lowest BCUT2D eigenvalue weighted by atomic mass is 10.2. The zero-order valence-corrected chi connectivity index (χ0v) is 16.4. The largest absolute Gasteiger partial charge is 0.459 e. The van der Waals surface area contributed by atoms with E-state index >= 15 is 0 Å². The molecular formula is C20H14BrN3O5. The van der Waals surface area contributed by atoms with Crippen molar-refractivity contribution >= 4 is 45.2 Å². The number of carbonyl (C=O) groups is 2. The summed E-state index contributed by atoms with van der Waals surface area (Å²) in [5.41, 5.74) is 0.906. The van der Waals surface area contributed by atoms with E-state index in [1.54, 1.807) is 30.3 Å². The predicted octanol–water partition coefficient (Wildman–Crippen LogP) is 4.36. The lowest BCUT2D eigenvalue weighted by molar-refractivity contribution is -0.384. The third-order valence-electron chi connectivity index (χ3n) is 3.75. The molecule has 0 aliphatic heterocycles. The molecule has 2 amide bonds. The van der Waals surface area contributed by atoms with Gasteiger partial charge in [-0.15, -0.1) is 0 Å². The molecule has 0 aliphatic rings. The number of halogens is 1. The second-order valence-corrected chi connectivity index (χ2v) is 6.71. The average molecular weight is 456 g/mol. The highest BCUT2D eigenvalue weighted by Gasteiger charge is 2.17. The number of benzene rings is 2. The van der Waals surface area contributed by atoms with Crippen LogP contribution in [0.1, 0.15) is 16.1 Å². The lowest BCUT2D eigenvalue weighted by Crippen LogP contribution is -2.30. The number of rotatable bonds is 6. The van der Waals surface area contributed by atoms with Gasteiger partial charge in [-0.05, 0) is 48.0 Å². The Kier molecular flexibility index (Phi) is 6.20. The fourth-order valence-corrected chi connectivity index (χ4v) is 2.60. The summed E-state index contributed by atoms with van der Waals surface area (Å²) in [6, 6.07) is 15.5. The number of furan rings is 1. The summed E-state index contributed by atoms with van der Waals surface area (Å²) in [5.74, 6) is -1.13. The Morgan fingerprint density at radius 1 is 1.03 bits per heavy atom. The second kappa shape index (κ2) is 8.98.